The molecule has 3 aliphatic rings. The van der Waals surface area contributed by atoms with Gasteiger partial charge in [-0.3, -0.25) is 4.79 Å². The van der Waals surface area contributed by atoms with Crippen LogP contribution in [0.25, 0.3) is 0 Å². The van der Waals surface area contributed by atoms with Crippen LogP contribution in [0, 0.1) is 11.3 Å². The summed E-state index contributed by atoms with van der Waals surface area (Å²) in [5, 5.41) is 75.1. The second-order valence-corrected chi connectivity index (χ2v) is 14.0. The summed E-state index contributed by atoms with van der Waals surface area (Å²) in [5.41, 5.74) is -3.94. The molecule has 1 aromatic rings. The molecular formula is C33H50O16. The van der Waals surface area contributed by atoms with Crippen LogP contribution in [0.5, 0.6) is 17.2 Å². The van der Waals surface area contributed by atoms with Crippen LogP contribution >= 0.6 is 0 Å². The topological polar surface area (TPSA) is 240 Å². The number of hydrogen-bond acceptors (Lipinski definition) is 16. The molecule has 0 radical (unpaired) electrons. The number of rotatable bonds is 13. The largest absolute Gasteiger partial charge is 0.502 e. The number of carbonyl (C=O) groups excluding carboxylic acids is 2. The lowest BCUT2D eigenvalue weighted by atomic mass is 9.58. The minimum atomic E-state index is -2.09. The van der Waals surface area contributed by atoms with E-state index in [0.29, 0.717) is 12.8 Å². The molecule has 0 amide bonds. The highest BCUT2D eigenvalue weighted by atomic mass is 16.7. The number of benzene rings is 1. The van der Waals surface area contributed by atoms with Crippen LogP contribution in [0.3, 0.4) is 0 Å². The van der Waals surface area contributed by atoms with Gasteiger partial charge in [-0.1, -0.05) is 20.8 Å². The van der Waals surface area contributed by atoms with Crippen LogP contribution < -0.4 is 9.47 Å². The number of hydrogen-bond donors (Lipinski definition) is 7. The Balaban J connectivity index is 1.31. The third-order valence-corrected chi connectivity index (χ3v) is 10.0. The molecule has 1 aliphatic carbocycles. The number of ether oxygens (including phenoxy) is 7. The maximum atomic E-state index is 12.7. The number of methoxy groups -OCH3 is 2. The molecule has 16 nitrogen and oxygen atoms in total. The summed E-state index contributed by atoms with van der Waals surface area (Å²) >= 11 is 0. The molecule has 3 fully saturated rings. The maximum Gasteiger partial charge on any atom is 0.338 e. The van der Waals surface area contributed by atoms with Crippen molar-refractivity contribution in [3.8, 4) is 17.2 Å². The Labute approximate surface area is 284 Å². The Morgan fingerprint density at radius 3 is 2.24 bits per heavy atom. The molecule has 0 spiro atoms. The van der Waals surface area contributed by atoms with E-state index in [4.69, 9.17) is 33.2 Å². The van der Waals surface area contributed by atoms with Crippen molar-refractivity contribution in [2.75, 3.05) is 34.0 Å². The average Bonchev–Trinajstić information content (AvgIpc) is 3.33. The summed E-state index contributed by atoms with van der Waals surface area (Å²) in [4.78, 5) is 24.8. The number of esters is 1. The summed E-state index contributed by atoms with van der Waals surface area (Å²) < 4.78 is 37.9. The predicted octanol–water partition coefficient (Wildman–Crippen LogP) is -0.220. The van der Waals surface area contributed by atoms with Crippen molar-refractivity contribution in [2.45, 2.75) is 114 Å². The van der Waals surface area contributed by atoms with E-state index in [9.17, 15) is 45.3 Å². The molecule has 278 valence electrons. The van der Waals surface area contributed by atoms with Crippen molar-refractivity contribution in [1.29, 1.82) is 0 Å². The van der Waals surface area contributed by atoms with Crippen molar-refractivity contribution in [3.63, 3.8) is 0 Å². The molecule has 2 heterocycles. The quantitative estimate of drug-likeness (QED) is 0.132. The molecule has 2 aliphatic heterocycles. The van der Waals surface area contributed by atoms with E-state index in [1.165, 1.54) is 26.4 Å². The van der Waals surface area contributed by atoms with Crippen LogP contribution in [-0.4, -0.2) is 142 Å². The van der Waals surface area contributed by atoms with Gasteiger partial charge in [0.15, 0.2) is 29.7 Å². The summed E-state index contributed by atoms with van der Waals surface area (Å²) in [6.45, 7) is 5.58. The average molecular weight is 703 g/mol. The molecule has 7 N–H and O–H groups in total. The molecule has 16 heteroatoms. The van der Waals surface area contributed by atoms with Crippen LogP contribution in [0.2, 0.25) is 0 Å². The zero-order valence-corrected chi connectivity index (χ0v) is 28.6. The smallest absolute Gasteiger partial charge is 0.338 e. The number of aromatic hydroxyl groups is 1. The minimum Gasteiger partial charge on any atom is -0.502 e. The first-order chi connectivity index (χ1) is 22.9. The summed E-state index contributed by atoms with van der Waals surface area (Å²) in [6, 6.07) is 2.42. The van der Waals surface area contributed by atoms with Crippen LogP contribution in [0.1, 0.15) is 63.7 Å². The molecule has 11 unspecified atom stereocenters. The summed E-state index contributed by atoms with van der Waals surface area (Å²) in [5.74, 6) is -1.52. The Morgan fingerprint density at radius 2 is 1.65 bits per heavy atom. The van der Waals surface area contributed by atoms with Crippen LogP contribution in [0.15, 0.2) is 12.1 Å². The Morgan fingerprint density at radius 1 is 1.02 bits per heavy atom. The van der Waals surface area contributed by atoms with Gasteiger partial charge < -0.3 is 68.9 Å². The number of ketones is 1. The third kappa shape index (κ3) is 8.14. The van der Waals surface area contributed by atoms with Crippen molar-refractivity contribution in [2.24, 2.45) is 11.3 Å². The first-order valence-electron chi connectivity index (χ1n) is 16.2. The Bertz CT molecular complexity index is 1300. The summed E-state index contributed by atoms with van der Waals surface area (Å²) in [7, 11) is 2.56. The van der Waals surface area contributed by atoms with E-state index < -0.39 is 91.6 Å². The molecular weight excluding hydrogens is 652 g/mol. The van der Waals surface area contributed by atoms with E-state index in [-0.39, 0.29) is 47.4 Å². The van der Waals surface area contributed by atoms with Gasteiger partial charge in [0.05, 0.1) is 44.7 Å². The highest BCUT2D eigenvalue weighted by Gasteiger charge is 2.53. The Hall–Kier alpha value is -2.64. The van der Waals surface area contributed by atoms with Crippen molar-refractivity contribution >= 4 is 11.8 Å². The molecule has 0 aromatic heterocycles. The van der Waals surface area contributed by atoms with E-state index in [1.54, 1.807) is 6.92 Å². The molecule has 49 heavy (non-hydrogen) atoms. The molecule has 4 rings (SSSR count). The van der Waals surface area contributed by atoms with Gasteiger partial charge in [-0.15, -0.1) is 0 Å². The van der Waals surface area contributed by atoms with E-state index in [1.807, 2.05) is 20.8 Å². The number of phenolic OH excluding ortho intramolecular Hbond substituents is 1. The molecule has 11 atom stereocenters. The van der Waals surface area contributed by atoms with Gasteiger partial charge in [-0.25, -0.2) is 4.79 Å². The lowest BCUT2D eigenvalue weighted by Crippen LogP contribution is -2.60. The first-order valence-corrected chi connectivity index (χ1v) is 16.2. The second kappa shape index (κ2) is 15.3. The molecule has 1 aromatic carbocycles. The van der Waals surface area contributed by atoms with Gasteiger partial charge in [0.1, 0.15) is 42.9 Å². The van der Waals surface area contributed by atoms with Crippen molar-refractivity contribution in [3.05, 3.63) is 17.7 Å². The standard InChI is InChI=1S/C33H50O16/c1-16-9-19(34)12-31(3,4)33(16,42)8-7-17(2)48-29-26(38)25(37)24(36)22(49-29)13-45-30-27(39)32(41,15-47-30)14-46-28(40)18-10-20(43-5)23(35)21(11-18)44-6/h10-11,16-17,22,24-27,29-30,35-39,41-42H,7-9,12-15H2,1-6H3. The van der Waals surface area contributed by atoms with E-state index >= 15 is 0 Å². The van der Waals surface area contributed by atoms with Gasteiger partial charge >= 0.3 is 5.97 Å². The highest BCUT2D eigenvalue weighted by Crippen LogP contribution is 2.48. The highest BCUT2D eigenvalue weighted by molar-refractivity contribution is 5.91. The lowest BCUT2D eigenvalue weighted by Gasteiger charge is -2.50. The van der Waals surface area contributed by atoms with Gasteiger partial charge in [-0.2, -0.15) is 0 Å². The van der Waals surface area contributed by atoms with Crippen molar-refractivity contribution in [1.82, 2.24) is 0 Å². The number of Topliss-reactive ketones (excluding diaryl/α,β-unsaturated/α-hetero) is 1. The fourth-order valence-electron chi connectivity index (χ4n) is 6.76. The van der Waals surface area contributed by atoms with Gasteiger partial charge in [0.25, 0.3) is 0 Å². The van der Waals surface area contributed by atoms with E-state index in [2.05, 4.69) is 0 Å². The normalized spacial score (nSPS) is 36.7. The van der Waals surface area contributed by atoms with Gasteiger partial charge in [0, 0.05) is 18.3 Å². The zero-order valence-electron chi connectivity index (χ0n) is 28.6. The maximum absolute atomic E-state index is 12.7. The Kier molecular flexibility index (Phi) is 12.2. The first kappa shape index (κ1) is 39.2. The third-order valence-electron chi connectivity index (χ3n) is 10.0. The fourth-order valence-corrected chi connectivity index (χ4v) is 6.76. The van der Waals surface area contributed by atoms with Gasteiger partial charge in [-0.05, 0) is 37.8 Å². The molecule has 2 saturated heterocycles. The molecule has 0 bridgehead atoms. The van der Waals surface area contributed by atoms with E-state index in [0.717, 1.165) is 0 Å². The number of aliphatic hydroxyl groups excluding tert-OH is 4. The summed E-state index contributed by atoms with van der Waals surface area (Å²) in [6.07, 6.45) is -10.2. The monoisotopic (exact) mass is 702 g/mol. The minimum absolute atomic E-state index is 0.0509. The number of carbonyl (C=O) groups is 2. The zero-order chi connectivity index (χ0) is 36.5. The second-order valence-electron chi connectivity index (χ2n) is 14.0. The SMILES string of the molecule is COc1cc(C(=O)OCC2(O)COC(OCC3OC(OC(C)CCC4(O)C(C)CC(=O)CC4(C)C)C(O)C(O)C3O)C2O)cc(OC)c1O. The predicted molar refractivity (Wildman–Crippen MR) is 167 cm³/mol. The fraction of sp³-hybridized carbons (Fsp3) is 0.758. The van der Waals surface area contributed by atoms with Crippen LogP contribution in [-0.2, 0) is 28.5 Å². The van der Waals surface area contributed by atoms with Crippen LogP contribution in [0.4, 0.5) is 0 Å². The number of phenols is 1. The molecule has 1 saturated carbocycles. The van der Waals surface area contributed by atoms with Crippen molar-refractivity contribution < 1.29 is 78.5 Å². The lowest BCUT2D eigenvalue weighted by molar-refractivity contribution is -0.318. The number of aliphatic hydroxyl groups is 6. The van der Waals surface area contributed by atoms with Gasteiger partial charge in [0.2, 0.25) is 5.75 Å².